The van der Waals surface area contributed by atoms with Crippen molar-refractivity contribution in [2.45, 2.75) is 38.5 Å². The van der Waals surface area contributed by atoms with Gasteiger partial charge in [0.2, 0.25) is 0 Å². The normalized spacial score (nSPS) is 23.9. The Kier molecular flexibility index (Phi) is 7.30. The summed E-state index contributed by atoms with van der Waals surface area (Å²) in [7, 11) is 2.22. The topological polar surface area (TPSA) is 48.1 Å². The fraction of sp³-hybridized carbons (Fsp3) is 0.938. The first-order valence-corrected chi connectivity index (χ1v) is 8.71. The van der Waals surface area contributed by atoms with Gasteiger partial charge in [-0.15, -0.1) is 0 Å². The molecule has 0 radical (unpaired) electrons. The van der Waals surface area contributed by atoms with E-state index >= 15 is 0 Å². The third kappa shape index (κ3) is 6.22. The summed E-state index contributed by atoms with van der Waals surface area (Å²) in [5, 5.41) is 0. The Morgan fingerprint density at radius 2 is 1.67 bits per heavy atom. The van der Waals surface area contributed by atoms with Crippen LogP contribution in [0.25, 0.3) is 0 Å². The molecule has 2 N–H and O–H groups in total. The van der Waals surface area contributed by atoms with Crippen LogP contribution < -0.4 is 5.73 Å². The van der Waals surface area contributed by atoms with Gasteiger partial charge in [0.1, 0.15) is 0 Å². The SMILES string of the molecule is CN1CCCN(CCCN=C(N)N2CCCCCC2)CC1. The van der Waals surface area contributed by atoms with Crippen LogP contribution in [0.5, 0.6) is 0 Å². The first kappa shape index (κ1) is 16.6. The average molecular weight is 295 g/mol. The van der Waals surface area contributed by atoms with Gasteiger partial charge >= 0.3 is 0 Å². The van der Waals surface area contributed by atoms with E-state index in [1.54, 1.807) is 0 Å². The number of rotatable bonds is 4. The summed E-state index contributed by atoms with van der Waals surface area (Å²) < 4.78 is 0. The number of nitrogens with zero attached hydrogens (tertiary/aromatic N) is 4. The lowest BCUT2D eigenvalue weighted by molar-refractivity contribution is 0.275. The molecule has 2 aliphatic rings. The zero-order valence-corrected chi connectivity index (χ0v) is 13.8. The standard InChI is InChI=1S/C16H33N5/c1-19-9-7-11-20(15-14-19)10-6-8-18-16(17)21-12-4-2-3-5-13-21/h2-15H2,1H3,(H2,17,18). The summed E-state index contributed by atoms with van der Waals surface area (Å²) in [5.74, 6) is 0.771. The van der Waals surface area contributed by atoms with Crippen molar-refractivity contribution in [1.82, 2.24) is 14.7 Å². The monoisotopic (exact) mass is 295 g/mol. The van der Waals surface area contributed by atoms with E-state index in [0.717, 1.165) is 38.6 Å². The van der Waals surface area contributed by atoms with Gasteiger partial charge in [-0.1, -0.05) is 12.8 Å². The fourth-order valence-electron chi connectivity index (χ4n) is 3.21. The summed E-state index contributed by atoms with van der Waals surface area (Å²) in [5.41, 5.74) is 6.14. The van der Waals surface area contributed by atoms with Crippen LogP contribution in [0.4, 0.5) is 0 Å². The maximum Gasteiger partial charge on any atom is 0.191 e. The first-order chi connectivity index (χ1) is 10.3. The Labute approximate surface area is 130 Å². The quantitative estimate of drug-likeness (QED) is 0.481. The molecule has 122 valence electrons. The van der Waals surface area contributed by atoms with Crippen LogP contribution in [-0.4, -0.2) is 80.1 Å². The van der Waals surface area contributed by atoms with E-state index in [2.05, 4.69) is 26.7 Å². The second-order valence-corrected chi connectivity index (χ2v) is 6.49. The van der Waals surface area contributed by atoms with Gasteiger partial charge in [0.25, 0.3) is 0 Å². The van der Waals surface area contributed by atoms with Crippen molar-refractivity contribution in [3.05, 3.63) is 0 Å². The maximum absolute atomic E-state index is 6.14. The Morgan fingerprint density at radius 1 is 0.905 bits per heavy atom. The highest BCUT2D eigenvalue weighted by Crippen LogP contribution is 2.09. The Balaban J connectivity index is 1.64. The predicted octanol–water partition coefficient (Wildman–Crippen LogP) is 1.20. The molecule has 21 heavy (non-hydrogen) atoms. The number of nitrogens with two attached hydrogens (primary N) is 1. The minimum Gasteiger partial charge on any atom is -0.370 e. The van der Waals surface area contributed by atoms with Crippen LogP contribution in [0, 0.1) is 0 Å². The summed E-state index contributed by atoms with van der Waals surface area (Å²) in [6.45, 7) is 9.06. The number of likely N-dealkylation sites (N-methyl/N-ethyl adjacent to an activating group) is 1. The molecule has 0 aromatic rings. The van der Waals surface area contributed by atoms with Gasteiger partial charge in [0.15, 0.2) is 5.96 Å². The van der Waals surface area contributed by atoms with Crippen molar-refractivity contribution >= 4 is 5.96 Å². The molecule has 2 heterocycles. The molecule has 0 aliphatic carbocycles. The molecular weight excluding hydrogens is 262 g/mol. The van der Waals surface area contributed by atoms with E-state index in [4.69, 9.17) is 5.73 Å². The minimum atomic E-state index is 0.771. The van der Waals surface area contributed by atoms with E-state index in [1.165, 1.54) is 58.3 Å². The lowest BCUT2D eigenvalue weighted by Crippen LogP contribution is -2.38. The second-order valence-electron chi connectivity index (χ2n) is 6.49. The summed E-state index contributed by atoms with van der Waals surface area (Å²) in [6, 6.07) is 0. The lowest BCUT2D eigenvalue weighted by Gasteiger charge is -2.22. The number of hydrogen-bond acceptors (Lipinski definition) is 3. The predicted molar refractivity (Wildman–Crippen MR) is 89.7 cm³/mol. The summed E-state index contributed by atoms with van der Waals surface area (Å²) >= 11 is 0. The van der Waals surface area contributed by atoms with Gasteiger partial charge in [-0.2, -0.15) is 0 Å². The molecule has 0 amide bonds. The van der Waals surface area contributed by atoms with Crippen molar-refractivity contribution in [2.24, 2.45) is 10.7 Å². The van der Waals surface area contributed by atoms with Crippen molar-refractivity contribution < 1.29 is 0 Å². The highest BCUT2D eigenvalue weighted by atomic mass is 15.2. The molecule has 0 bridgehead atoms. The smallest absolute Gasteiger partial charge is 0.191 e. The van der Waals surface area contributed by atoms with Crippen LogP contribution in [0.2, 0.25) is 0 Å². The van der Waals surface area contributed by atoms with Crippen molar-refractivity contribution in [3.8, 4) is 0 Å². The van der Waals surface area contributed by atoms with E-state index < -0.39 is 0 Å². The number of aliphatic imine (C=N–C) groups is 1. The highest BCUT2D eigenvalue weighted by molar-refractivity contribution is 5.78. The molecule has 0 atom stereocenters. The minimum absolute atomic E-state index is 0.771. The Hall–Kier alpha value is -0.810. The second kappa shape index (κ2) is 9.26. The van der Waals surface area contributed by atoms with Gasteiger partial charge in [0, 0.05) is 32.7 Å². The van der Waals surface area contributed by atoms with E-state index in [-0.39, 0.29) is 0 Å². The fourth-order valence-corrected chi connectivity index (χ4v) is 3.21. The molecule has 2 fully saturated rings. The Bertz CT molecular complexity index is 310. The average Bonchev–Trinajstić information content (AvgIpc) is 2.86. The van der Waals surface area contributed by atoms with Crippen molar-refractivity contribution in [1.29, 1.82) is 0 Å². The van der Waals surface area contributed by atoms with Gasteiger partial charge in [0.05, 0.1) is 0 Å². The number of hydrogen-bond donors (Lipinski definition) is 1. The number of likely N-dealkylation sites (tertiary alicyclic amines) is 1. The van der Waals surface area contributed by atoms with Crippen molar-refractivity contribution in [2.75, 3.05) is 59.4 Å². The highest BCUT2D eigenvalue weighted by Gasteiger charge is 2.12. The van der Waals surface area contributed by atoms with Crippen LogP contribution in [0.3, 0.4) is 0 Å². The van der Waals surface area contributed by atoms with Crippen molar-refractivity contribution in [3.63, 3.8) is 0 Å². The lowest BCUT2D eigenvalue weighted by atomic mass is 10.2. The largest absolute Gasteiger partial charge is 0.370 e. The first-order valence-electron chi connectivity index (χ1n) is 8.71. The molecule has 2 aliphatic heterocycles. The molecule has 0 unspecified atom stereocenters. The third-order valence-electron chi connectivity index (χ3n) is 4.65. The molecule has 5 nitrogen and oxygen atoms in total. The molecule has 5 heteroatoms. The molecule has 0 saturated carbocycles. The molecule has 0 spiro atoms. The van der Waals surface area contributed by atoms with Crippen LogP contribution in [-0.2, 0) is 0 Å². The van der Waals surface area contributed by atoms with E-state index in [0.29, 0.717) is 0 Å². The summed E-state index contributed by atoms with van der Waals surface area (Å²) in [6.07, 6.45) is 7.61. The van der Waals surface area contributed by atoms with E-state index in [1.807, 2.05) is 0 Å². The maximum atomic E-state index is 6.14. The van der Waals surface area contributed by atoms with Gasteiger partial charge in [-0.25, -0.2) is 0 Å². The van der Waals surface area contributed by atoms with Gasteiger partial charge in [-0.05, 0) is 52.4 Å². The van der Waals surface area contributed by atoms with Gasteiger partial charge < -0.3 is 20.4 Å². The van der Waals surface area contributed by atoms with Crippen LogP contribution in [0.15, 0.2) is 4.99 Å². The molecule has 0 aromatic heterocycles. The zero-order chi connectivity index (χ0) is 14.9. The third-order valence-corrected chi connectivity index (χ3v) is 4.65. The van der Waals surface area contributed by atoms with E-state index in [9.17, 15) is 0 Å². The molecular formula is C16H33N5. The molecule has 0 aromatic carbocycles. The molecule has 2 rings (SSSR count). The molecule has 2 saturated heterocycles. The number of guanidine groups is 1. The van der Waals surface area contributed by atoms with Crippen LogP contribution in [0.1, 0.15) is 38.5 Å². The van der Waals surface area contributed by atoms with Crippen LogP contribution >= 0.6 is 0 Å². The van der Waals surface area contributed by atoms with Gasteiger partial charge in [-0.3, -0.25) is 4.99 Å². The Morgan fingerprint density at radius 3 is 2.43 bits per heavy atom. The summed E-state index contributed by atoms with van der Waals surface area (Å²) in [4.78, 5) is 11.9. The zero-order valence-electron chi connectivity index (χ0n) is 13.8.